The number of rotatable bonds is 7. The molecular weight excluding hydrogens is 568 g/mol. The Hall–Kier alpha value is -4.28. The molecule has 10 nitrogen and oxygen atoms in total. The zero-order chi connectivity index (χ0) is 31.0. The molecular formula is C35H40N6O4. The van der Waals surface area contributed by atoms with Crippen molar-refractivity contribution < 1.29 is 14.3 Å². The van der Waals surface area contributed by atoms with Crippen molar-refractivity contribution in [2.24, 2.45) is 0 Å². The van der Waals surface area contributed by atoms with Crippen molar-refractivity contribution >= 4 is 23.1 Å². The highest BCUT2D eigenvalue weighted by Crippen LogP contribution is 2.49. The van der Waals surface area contributed by atoms with E-state index < -0.39 is 0 Å². The number of fused-ring (bicyclic) bond motifs is 1. The summed E-state index contributed by atoms with van der Waals surface area (Å²) in [6, 6.07) is 21.6. The Morgan fingerprint density at radius 2 is 1.58 bits per heavy atom. The Morgan fingerprint density at radius 1 is 0.889 bits per heavy atom. The van der Waals surface area contributed by atoms with Crippen LogP contribution in [0.15, 0.2) is 77.7 Å². The first kappa shape index (κ1) is 29.4. The van der Waals surface area contributed by atoms with Crippen LogP contribution >= 0.6 is 0 Å². The molecule has 1 saturated carbocycles. The number of nitrogens with zero attached hydrogens (tertiary/aromatic N) is 5. The van der Waals surface area contributed by atoms with Crippen molar-refractivity contribution in [3.8, 4) is 5.75 Å². The molecule has 0 atom stereocenters. The monoisotopic (exact) mass is 608 g/mol. The summed E-state index contributed by atoms with van der Waals surface area (Å²) in [5, 5.41) is 4.46. The maximum absolute atomic E-state index is 12.8. The van der Waals surface area contributed by atoms with E-state index >= 15 is 0 Å². The number of hydrogen-bond acceptors (Lipinski definition) is 8. The van der Waals surface area contributed by atoms with Crippen LogP contribution in [0.2, 0.25) is 0 Å². The molecule has 3 aliphatic rings. The van der Waals surface area contributed by atoms with Gasteiger partial charge in [-0.2, -0.15) is 4.98 Å². The molecule has 234 valence electrons. The number of pyridine rings is 1. The summed E-state index contributed by atoms with van der Waals surface area (Å²) in [6.45, 7) is 8.20. The molecule has 10 heteroatoms. The Bertz CT molecular complexity index is 1720. The van der Waals surface area contributed by atoms with Crippen molar-refractivity contribution in [3.05, 3.63) is 94.4 Å². The molecule has 2 saturated heterocycles. The normalized spacial score (nSPS) is 19.4. The molecule has 2 aromatic heterocycles. The fourth-order valence-electron chi connectivity index (χ4n) is 6.99. The number of aromatic nitrogens is 3. The van der Waals surface area contributed by atoms with Crippen LogP contribution in [0.5, 0.6) is 5.75 Å². The Labute approximate surface area is 263 Å². The molecule has 1 N–H and O–H groups in total. The lowest BCUT2D eigenvalue weighted by atomic mass is 9.80. The second kappa shape index (κ2) is 11.9. The molecule has 4 heterocycles. The van der Waals surface area contributed by atoms with Gasteiger partial charge >= 0.3 is 6.09 Å². The van der Waals surface area contributed by atoms with E-state index in [1.807, 2.05) is 32.0 Å². The highest BCUT2D eigenvalue weighted by Gasteiger charge is 2.46. The Kier molecular flexibility index (Phi) is 7.79. The largest absolute Gasteiger partial charge is 0.415 e. The van der Waals surface area contributed by atoms with Gasteiger partial charge in [-0.15, -0.1) is 0 Å². The quantitative estimate of drug-likeness (QED) is 0.302. The first-order valence-corrected chi connectivity index (χ1v) is 16.0. The molecule has 0 spiro atoms. The second-order valence-corrected chi connectivity index (χ2v) is 12.7. The zero-order valence-corrected chi connectivity index (χ0v) is 25.9. The van der Waals surface area contributed by atoms with Gasteiger partial charge in [0.25, 0.3) is 5.56 Å². The molecule has 2 aromatic carbocycles. The predicted molar refractivity (Wildman–Crippen MR) is 173 cm³/mol. The van der Waals surface area contributed by atoms with Crippen molar-refractivity contribution in [2.45, 2.75) is 56.7 Å². The van der Waals surface area contributed by atoms with E-state index in [9.17, 15) is 9.59 Å². The smallest absolute Gasteiger partial charge is 0.410 e. The molecule has 1 aliphatic carbocycles. The van der Waals surface area contributed by atoms with Crippen molar-refractivity contribution in [1.29, 1.82) is 0 Å². The van der Waals surface area contributed by atoms with E-state index in [-0.39, 0.29) is 28.8 Å². The maximum Gasteiger partial charge on any atom is 0.415 e. The maximum atomic E-state index is 12.8. The van der Waals surface area contributed by atoms with Crippen LogP contribution in [0.4, 0.5) is 10.7 Å². The summed E-state index contributed by atoms with van der Waals surface area (Å²) >= 11 is 0. The number of benzene rings is 2. The van der Waals surface area contributed by atoms with Crippen LogP contribution in [0.1, 0.15) is 56.7 Å². The Morgan fingerprint density at radius 3 is 2.24 bits per heavy atom. The zero-order valence-electron chi connectivity index (χ0n) is 25.9. The summed E-state index contributed by atoms with van der Waals surface area (Å²) in [7, 11) is 0. The van der Waals surface area contributed by atoms with E-state index in [0.29, 0.717) is 43.6 Å². The van der Waals surface area contributed by atoms with Crippen LogP contribution < -0.4 is 15.6 Å². The van der Waals surface area contributed by atoms with Gasteiger partial charge in [0.2, 0.25) is 5.95 Å². The van der Waals surface area contributed by atoms with E-state index in [1.165, 1.54) is 11.1 Å². The third-order valence-corrected chi connectivity index (χ3v) is 9.67. The average molecular weight is 609 g/mol. The number of ether oxygens (including phenoxy) is 2. The molecule has 0 bridgehead atoms. The van der Waals surface area contributed by atoms with E-state index in [0.717, 1.165) is 44.2 Å². The average Bonchev–Trinajstić information content (AvgIpc) is 3.86. The first-order valence-electron chi connectivity index (χ1n) is 16.0. The van der Waals surface area contributed by atoms with Crippen molar-refractivity contribution in [3.63, 3.8) is 0 Å². The molecule has 0 unspecified atom stereocenters. The van der Waals surface area contributed by atoms with Gasteiger partial charge in [0.1, 0.15) is 11.4 Å². The van der Waals surface area contributed by atoms with Gasteiger partial charge in [-0.05, 0) is 68.9 Å². The van der Waals surface area contributed by atoms with Crippen molar-refractivity contribution in [2.75, 3.05) is 44.7 Å². The predicted octanol–water partition coefficient (Wildman–Crippen LogP) is 5.30. The number of carbonyl (C=O) groups excluding carboxylic acids is 1. The van der Waals surface area contributed by atoms with Crippen LogP contribution in [-0.2, 0) is 15.8 Å². The number of anilines is 1. The summed E-state index contributed by atoms with van der Waals surface area (Å²) in [5.41, 5.74) is 2.72. The van der Waals surface area contributed by atoms with Gasteiger partial charge in [-0.1, -0.05) is 42.5 Å². The second-order valence-electron chi connectivity index (χ2n) is 12.7. The SMILES string of the molecule is CC(C)n1c(=O)ccc2cnc(NC3(c4ccc(C5(N6CCN(C(=O)Oc7ccccc7)CC6)CCOCC5)cc4)CC3)nc21. The summed E-state index contributed by atoms with van der Waals surface area (Å²) in [4.78, 5) is 39.1. The summed E-state index contributed by atoms with van der Waals surface area (Å²) in [6.07, 6.45) is 5.28. The van der Waals surface area contributed by atoms with Gasteiger partial charge in [0, 0.05) is 63.1 Å². The molecule has 1 amide bonds. The van der Waals surface area contributed by atoms with E-state index in [4.69, 9.17) is 14.5 Å². The third kappa shape index (κ3) is 5.68. The van der Waals surface area contributed by atoms with Crippen LogP contribution in [0, 0.1) is 0 Å². The number of para-hydroxylation sites is 1. The fraction of sp³-hybridized carbons (Fsp3) is 0.429. The molecule has 0 radical (unpaired) electrons. The molecule has 3 fully saturated rings. The highest BCUT2D eigenvalue weighted by atomic mass is 16.6. The molecule has 2 aliphatic heterocycles. The lowest BCUT2D eigenvalue weighted by Crippen LogP contribution is -2.58. The van der Waals surface area contributed by atoms with Gasteiger partial charge < -0.3 is 19.7 Å². The van der Waals surface area contributed by atoms with Gasteiger partial charge in [0.15, 0.2) is 0 Å². The number of carbonyl (C=O) groups is 1. The van der Waals surface area contributed by atoms with Gasteiger partial charge in [0.05, 0.1) is 11.1 Å². The number of amides is 1. The highest BCUT2D eigenvalue weighted by molar-refractivity contribution is 5.75. The number of hydrogen-bond donors (Lipinski definition) is 1. The van der Waals surface area contributed by atoms with Crippen molar-refractivity contribution in [1.82, 2.24) is 24.3 Å². The molecule has 45 heavy (non-hydrogen) atoms. The molecule has 4 aromatic rings. The van der Waals surface area contributed by atoms with Crippen LogP contribution in [0.3, 0.4) is 0 Å². The summed E-state index contributed by atoms with van der Waals surface area (Å²) < 4.78 is 13.1. The lowest BCUT2D eigenvalue weighted by Gasteiger charge is -2.50. The Balaban J connectivity index is 1.08. The number of piperazine rings is 1. The topological polar surface area (TPSA) is 102 Å². The van der Waals surface area contributed by atoms with Gasteiger partial charge in [-0.3, -0.25) is 14.3 Å². The van der Waals surface area contributed by atoms with Crippen LogP contribution in [-0.4, -0.2) is 69.8 Å². The molecule has 7 rings (SSSR count). The minimum absolute atomic E-state index is 0.00465. The van der Waals surface area contributed by atoms with Crippen LogP contribution in [0.25, 0.3) is 11.0 Å². The first-order chi connectivity index (χ1) is 21.9. The minimum atomic E-state index is -0.295. The summed E-state index contributed by atoms with van der Waals surface area (Å²) in [5.74, 6) is 1.10. The van der Waals surface area contributed by atoms with E-state index in [2.05, 4.69) is 39.5 Å². The van der Waals surface area contributed by atoms with E-state index in [1.54, 1.807) is 39.9 Å². The van der Waals surface area contributed by atoms with Gasteiger partial charge in [-0.25, -0.2) is 9.78 Å². The minimum Gasteiger partial charge on any atom is -0.410 e. The fourth-order valence-corrected chi connectivity index (χ4v) is 6.99. The standard InChI is InChI=1S/C35H40N6O4/c1-25(2)41-30(42)13-8-26-24-36-32(37-31(26)41)38-34(14-15-34)27-9-11-28(12-10-27)35(16-22-44-23-17-35)40-20-18-39(19-21-40)33(43)45-29-6-4-3-5-7-29/h3-13,24-25H,14-23H2,1-2H3,(H,36,37,38). The number of nitrogens with one attached hydrogen (secondary N) is 1. The third-order valence-electron chi connectivity index (χ3n) is 9.67. The lowest BCUT2D eigenvalue weighted by molar-refractivity contribution is -0.0483.